The van der Waals surface area contributed by atoms with Gasteiger partial charge in [0, 0.05) is 11.3 Å². The van der Waals surface area contributed by atoms with Crippen molar-refractivity contribution < 1.29 is 38.1 Å². The number of methoxy groups -OCH3 is 1. The summed E-state index contributed by atoms with van der Waals surface area (Å²) in [5, 5.41) is 0. The van der Waals surface area contributed by atoms with E-state index in [1.165, 1.54) is 14.0 Å². The molecule has 7 atom stereocenters. The van der Waals surface area contributed by atoms with Crippen LogP contribution in [0.2, 0.25) is 0 Å². The predicted molar refractivity (Wildman–Crippen MR) is 118 cm³/mol. The lowest BCUT2D eigenvalue weighted by atomic mass is 9.45. The molecule has 0 amide bonds. The van der Waals surface area contributed by atoms with Gasteiger partial charge in [0.15, 0.2) is 5.78 Å². The Balaban J connectivity index is 1.70. The van der Waals surface area contributed by atoms with Crippen molar-refractivity contribution in [3.05, 3.63) is 22.8 Å². The molecule has 0 radical (unpaired) electrons. The van der Waals surface area contributed by atoms with Gasteiger partial charge < -0.3 is 18.9 Å². The minimum absolute atomic E-state index is 0.155. The average Bonchev–Trinajstić information content (AvgIpc) is 3.04. The molecule has 8 nitrogen and oxygen atoms in total. The molecule has 0 unspecified atom stereocenters. The first kappa shape index (κ1) is 23.3. The number of allylic oxidation sites excluding steroid dienone is 2. The Bertz CT molecular complexity index is 1100. The van der Waals surface area contributed by atoms with Crippen molar-refractivity contribution in [2.45, 2.75) is 78.3 Å². The first-order valence-electron chi connectivity index (χ1n) is 11.8. The van der Waals surface area contributed by atoms with Crippen molar-refractivity contribution in [2.75, 3.05) is 7.11 Å². The van der Waals surface area contributed by atoms with Gasteiger partial charge in [-0.05, 0) is 63.0 Å². The van der Waals surface area contributed by atoms with E-state index in [1.807, 2.05) is 27.7 Å². The molecule has 0 bridgehead atoms. The molecule has 8 heteroatoms. The minimum atomic E-state index is -1.86. The van der Waals surface area contributed by atoms with Crippen LogP contribution in [-0.2, 0) is 38.1 Å². The van der Waals surface area contributed by atoms with Gasteiger partial charge in [-0.25, -0.2) is 4.79 Å². The molecule has 4 fully saturated rings. The zero-order valence-corrected chi connectivity index (χ0v) is 20.8. The summed E-state index contributed by atoms with van der Waals surface area (Å²) in [6, 6.07) is 0. The SMILES string of the molecule is COC(=O)[C@@]1(C)O[C@H]2OC(=O)[C@@H]3[C@H]2[C@@](C)(C[C@H]2C(C)=C4CC(=O)OC(C)(C)C4=CC[C@]32C)C1=O. The van der Waals surface area contributed by atoms with Gasteiger partial charge in [0.2, 0.25) is 11.9 Å². The molecule has 0 aromatic heterocycles. The Morgan fingerprint density at radius 3 is 2.44 bits per heavy atom. The summed E-state index contributed by atoms with van der Waals surface area (Å²) in [6.07, 6.45) is 2.23. The van der Waals surface area contributed by atoms with Crippen molar-refractivity contribution in [1.82, 2.24) is 0 Å². The lowest BCUT2D eigenvalue weighted by molar-refractivity contribution is -0.253. The molecule has 3 aliphatic heterocycles. The van der Waals surface area contributed by atoms with Gasteiger partial charge in [-0.15, -0.1) is 0 Å². The number of cyclic esters (lactones) is 1. The second-order valence-electron chi connectivity index (χ2n) is 11.6. The Morgan fingerprint density at radius 1 is 1.12 bits per heavy atom. The third kappa shape index (κ3) is 2.69. The van der Waals surface area contributed by atoms with Gasteiger partial charge in [-0.1, -0.05) is 25.5 Å². The summed E-state index contributed by atoms with van der Waals surface area (Å²) < 4.78 is 22.2. The highest BCUT2D eigenvalue weighted by molar-refractivity contribution is 6.10. The van der Waals surface area contributed by atoms with Crippen LogP contribution in [0, 0.1) is 28.6 Å². The molecule has 2 aliphatic carbocycles. The largest absolute Gasteiger partial charge is 0.467 e. The average molecular weight is 473 g/mol. The first-order chi connectivity index (χ1) is 15.7. The Hall–Kier alpha value is -2.48. The zero-order chi connectivity index (χ0) is 25.0. The molecule has 34 heavy (non-hydrogen) atoms. The topological polar surface area (TPSA) is 105 Å². The number of esters is 3. The number of ketones is 1. The number of ether oxygens (including phenoxy) is 4. The number of hydrogen-bond acceptors (Lipinski definition) is 8. The standard InChI is InChI=1S/C26H32O8/c1-12-13-10-16(27)33-23(2,3)14(13)8-9-24(4)15(12)11-25(5)18-17(24)19(28)32-20(18)34-26(6,21(25)29)22(30)31-7/h8,15,17-18,20H,9-11H2,1-7H3/t15-,17-,18+,20+,24-,25+,26-/m0/s1. The molecule has 0 N–H and O–H groups in total. The lowest BCUT2D eigenvalue weighted by Crippen LogP contribution is -2.67. The Morgan fingerprint density at radius 2 is 1.79 bits per heavy atom. The highest BCUT2D eigenvalue weighted by Crippen LogP contribution is 2.67. The summed E-state index contributed by atoms with van der Waals surface area (Å²) >= 11 is 0. The number of Topliss-reactive ketones (excluding diaryl/α,β-unsaturated/α-hetero) is 1. The van der Waals surface area contributed by atoms with Crippen molar-refractivity contribution >= 4 is 23.7 Å². The molecule has 3 saturated heterocycles. The first-order valence-corrected chi connectivity index (χ1v) is 11.8. The van der Waals surface area contributed by atoms with Crippen LogP contribution in [0.3, 0.4) is 0 Å². The van der Waals surface area contributed by atoms with Gasteiger partial charge in [0.05, 0.1) is 19.4 Å². The fourth-order valence-corrected chi connectivity index (χ4v) is 7.58. The van der Waals surface area contributed by atoms with Crippen LogP contribution in [0.1, 0.15) is 60.8 Å². The van der Waals surface area contributed by atoms with Gasteiger partial charge >= 0.3 is 17.9 Å². The summed E-state index contributed by atoms with van der Waals surface area (Å²) in [4.78, 5) is 52.4. The molecule has 5 aliphatic rings. The van der Waals surface area contributed by atoms with E-state index in [9.17, 15) is 19.2 Å². The molecule has 5 rings (SSSR count). The van der Waals surface area contributed by atoms with E-state index in [2.05, 4.69) is 13.0 Å². The number of carbonyl (C=O) groups excluding carboxylic acids is 4. The third-order valence-electron chi connectivity index (χ3n) is 9.30. The predicted octanol–water partition coefficient (Wildman–Crippen LogP) is 3.04. The summed E-state index contributed by atoms with van der Waals surface area (Å²) in [7, 11) is 1.21. The van der Waals surface area contributed by atoms with Crippen molar-refractivity contribution in [3.8, 4) is 0 Å². The minimum Gasteiger partial charge on any atom is -0.467 e. The number of rotatable bonds is 1. The van der Waals surface area contributed by atoms with Gasteiger partial charge in [-0.2, -0.15) is 0 Å². The fraction of sp³-hybridized carbons (Fsp3) is 0.692. The van der Waals surface area contributed by atoms with Crippen LogP contribution in [0.15, 0.2) is 22.8 Å². The van der Waals surface area contributed by atoms with Gasteiger partial charge in [0.25, 0.3) is 0 Å². The van der Waals surface area contributed by atoms with Crippen LogP contribution < -0.4 is 0 Å². The number of hydrogen-bond donors (Lipinski definition) is 0. The van der Waals surface area contributed by atoms with Crippen molar-refractivity contribution in [2.24, 2.45) is 28.6 Å². The summed E-state index contributed by atoms with van der Waals surface area (Å²) in [5.74, 6) is -3.20. The maximum atomic E-state index is 13.9. The normalized spacial score (nSPS) is 44.7. The van der Waals surface area contributed by atoms with Crippen LogP contribution in [0.4, 0.5) is 0 Å². The van der Waals surface area contributed by atoms with Crippen LogP contribution >= 0.6 is 0 Å². The Kier molecular flexibility index (Phi) is 4.66. The summed E-state index contributed by atoms with van der Waals surface area (Å²) in [6.45, 7) is 11.0. The summed E-state index contributed by atoms with van der Waals surface area (Å²) in [5.41, 5.74) is -1.38. The van der Waals surface area contributed by atoms with E-state index in [4.69, 9.17) is 18.9 Å². The molecule has 184 valence electrons. The third-order valence-corrected chi connectivity index (χ3v) is 9.30. The van der Waals surface area contributed by atoms with E-state index in [-0.39, 0.29) is 18.3 Å². The second kappa shape index (κ2) is 6.80. The molecule has 1 saturated carbocycles. The van der Waals surface area contributed by atoms with E-state index in [0.29, 0.717) is 12.8 Å². The van der Waals surface area contributed by atoms with Crippen LogP contribution in [0.25, 0.3) is 0 Å². The highest BCUT2D eigenvalue weighted by atomic mass is 16.7. The van der Waals surface area contributed by atoms with Crippen molar-refractivity contribution in [3.63, 3.8) is 0 Å². The lowest BCUT2D eigenvalue weighted by Gasteiger charge is -2.57. The molecular formula is C26H32O8. The van der Waals surface area contributed by atoms with Gasteiger partial charge in [0.1, 0.15) is 5.60 Å². The van der Waals surface area contributed by atoms with Crippen LogP contribution in [0.5, 0.6) is 0 Å². The number of carbonyl (C=O) groups is 4. The Labute approximate surface area is 199 Å². The van der Waals surface area contributed by atoms with E-state index < -0.39 is 57.9 Å². The fourth-order valence-electron chi connectivity index (χ4n) is 7.58. The smallest absolute Gasteiger partial charge is 0.345 e. The maximum absolute atomic E-state index is 13.9. The van der Waals surface area contributed by atoms with Gasteiger partial charge in [-0.3, -0.25) is 14.4 Å². The molecule has 0 aromatic rings. The molecule has 0 spiro atoms. The molecular weight excluding hydrogens is 440 g/mol. The van der Waals surface area contributed by atoms with E-state index in [0.717, 1.165) is 16.7 Å². The highest BCUT2D eigenvalue weighted by Gasteiger charge is 2.74. The monoisotopic (exact) mass is 472 g/mol. The maximum Gasteiger partial charge on any atom is 0.345 e. The molecule has 0 aromatic carbocycles. The van der Waals surface area contributed by atoms with E-state index >= 15 is 0 Å². The quantitative estimate of drug-likeness (QED) is 0.326. The van der Waals surface area contributed by atoms with Crippen LogP contribution in [-0.4, -0.2) is 48.3 Å². The number of fused-ring (bicyclic) bond motifs is 3. The van der Waals surface area contributed by atoms with Crippen molar-refractivity contribution in [1.29, 1.82) is 0 Å². The molecule has 3 heterocycles. The van der Waals surface area contributed by atoms with E-state index in [1.54, 1.807) is 0 Å². The second-order valence-corrected chi connectivity index (χ2v) is 11.6. The zero-order valence-electron chi connectivity index (χ0n) is 20.8.